The third-order valence-corrected chi connectivity index (χ3v) is 4.82. The number of nitrogens with zero attached hydrogens (tertiary/aromatic N) is 1. The predicted molar refractivity (Wildman–Crippen MR) is 99.8 cm³/mol. The molecule has 138 valence electrons. The molecule has 0 fully saturated rings. The van der Waals surface area contributed by atoms with Crippen molar-refractivity contribution in [2.24, 2.45) is 0 Å². The van der Waals surface area contributed by atoms with Crippen molar-refractivity contribution in [1.29, 1.82) is 5.41 Å². The fraction of sp³-hybridized carbons (Fsp3) is 0.0556. The Morgan fingerprint density at radius 3 is 2.67 bits per heavy atom. The topological polar surface area (TPSA) is 65.8 Å². The average Bonchev–Trinajstić information content (AvgIpc) is 3.15. The number of alkyl halides is 3. The molecule has 0 saturated heterocycles. The van der Waals surface area contributed by atoms with Gasteiger partial charge in [0.15, 0.2) is 0 Å². The lowest BCUT2D eigenvalue weighted by atomic mass is 10.0. The van der Waals surface area contributed by atoms with Crippen molar-refractivity contribution in [3.63, 3.8) is 0 Å². The minimum Gasteiger partial charge on any atom is -0.321 e. The van der Waals surface area contributed by atoms with Crippen molar-refractivity contribution in [1.82, 2.24) is 4.98 Å². The van der Waals surface area contributed by atoms with Gasteiger partial charge in [0.05, 0.1) is 21.8 Å². The second-order valence-electron chi connectivity index (χ2n) is 5.40. The van der Waals surface area contributed by atoms with E-state index >= 15 is 0 Å². The van der Waals surface area contributed by atoms with Crippen LogP contribution in [0.4, 0.5) is 18.9 Å². The minimum atomic E-state index is -4.73. The molecule has 3 aromatic rings. The number of halogens is 4. The van der Waals surface area contributed by atoms with Gasteiger partial charge in [0.2, 0.25) is 0 Å². The molecule has 2 aromatic carbocycles. The zero-order chi connectivity index (χ0) is 19.6. The van der Waals surface area contributed by atoms with Gasteiger partial charge in [-0.25, -0.2) is 4.98 Å². The summed E-state index contributed by atoms with van der Waals surface area (Å²) < 4.78 is 39.7. The second kappa shape index (κ2) is 7.50. The van der Waals surface area contributed by atoms with Crippen LogP contribution in [0.3, 0.4) is 0 Å². The normalized spacial score (nSPS) is 11.3. The standard InChI is InChI=1S/C18H11ClF3N3OS/c19-13-3-1-2-12(18(20,21)22)15(13)16(26)25-14-8-10(4-5-11(14)9-23)17-24-6-7-27-17/h1-9,23H,(H,25,26). The van der Waals surface area contributed by atoms with Crippen molar-refractivity contribution in [2.75, 3.05) is 5.32 Å². The summed E-state index contributed by atoms with van der Waals surface area (Å²) in [5.74, 6) is -1.01. The van der Waals surface area contributed by atoms with Gasteiger partial charge >= 0.3 is 6.18 Å². The van der Waals surface area contributed by atoms with E-state index in [0.29, 0.717) is 16.1 Å². The average molecular weight is 410 g/mol. The molecule has 0 saturated carbocycles. The molecule has 27 heavy (non-hydrogen) atoms. The van der Waals surface area contributed by atoms with E-state index in [9.17, 15) is 18.0 Å². The summed E-state index contributed by atoms with van der Waals surface area (Å²) in [7, 11) is 0. The molecule has 0 atom stereocenters. The van der Waals surface area contributed by atoms with Crippen LogP contribution >= 0.6 is 22.9 Å². The Bertz CT molecular complexity index is 1000. The third kappa shape index (κ3) is 4.01. The highest BCUT2D eigenvalue weighted by Crippen LogP contribution is 2.35. The first-order valence-corrected chi connectivity index (χ1v) is 8.78. The summed E-state index contributed by atoms with van der Waals surface area (Å²) in [5.41, 5.74) is -0.594. The Morgan fingerprint density at radius 1 is 1.26 bits per heavy atom. The number of thiazole rings is 1. The van der Waals surface area contributed by atoms with Crippen LogP contribution in [-0.2, 0) is 6.18 Å². The van der Waals surface area contributed by atoms with Crippen LogP contribution in [0.1, 0.15) is 21.5 Å². The van der Waals surface area contributed by atoms with E-state index in [0.717, 1.165) is 18.3 Å². The molecule has 0 radical (unpaired) electrons. The molecule has 3 rings (SSSR count). The van der Waals surface area contributed by atoms with Gasteiger partial charge in [-0.3, -0.25) is 4.79 Å². The molecule has 0 aliphatic rings. The lowest BCUT2D eigenvalue weighted by Crippen LogP contribution is -2.20. The number of benzene rings is 2. The van der Waals surface area contributed by atoms with Crippen molar-refractivity contribution in [3.05, 3.63) is 69.7 Å². The molecular formula is C18H11ClF3N3OS. The number of aromatic nitrogens is 1. The first-order chi connectivity index (χ1) is 12.8. The number of hydrogen-bond donors (Lipinski definition) is 2. The molecule has 9 heteroatoms. The zero-order valence-corrected chi connectivity index (χ0v) is 15.0. The van der Waals surface area contributed by atoms with E-state index in [1.165, 1.54) is 17.4 Å². The summed E-state index contributed by atoms with van der Waals surface area (Å²) in [6, 6.07) is 8.00. The maximum Gasteiger partial charge on any atom is 0.417 e. The summed E-state index contributed by atoms with van der Waals surface area (Å²) in [4.78, 5) is 16.7. The SMILES string of the molecule is N=Cc1ccc(-c2nccs2)cc1NC(=O)c1c(Cl)cccc1C(F)(F)F. The van der Waals surface area contributed by atoms with Crippen LogP contribution in [0.25, 0.3) is 10.6 Å². The number of carbonyl (C=O) groups is 1. The van der Waals surface area contributed by atoms with Gasteiger partial charge in [-0.15, -0.1) is 11.3 Å². The molecule has 0 spiro atoms. The maximum absolute atomic E-state index is 13.2. The molecule has 0 aliphatic carbocycles. The highest BCUT2D eigenvalue weighted by Gasteiger charge is 2.36. The molecule has 0 bridgehead atoms. The summed E-state index contributed by atoms with van der Waals surface area (Å²) in [5, 5.41) is 12.0. The zero-order valence-electron chi connectivity index (χ0n) is 13.5. The molecular weight excluding hydrogens is 399 g/mol. The molecule has 1 aromatic heterocycles. The molecule has 2 N–H and O–H groups in total. The Hall–Kier alpha value is -2.71. The van der Waals surface area contributed by atoms with Crippen LogP contribution in [0, 0.1) is 5.41 Å². The molecule has 1 heterocycles. The fourth-order valence-corrected chi connectivity index (χ4v) is 3.36. The lowest BCUT2D eigenvalue weighted by molar-refractivity contribution is -0.137. The van der Waals surface area contributed by atoms with E-state index in [1.54, 1.807) is 29.8 Å². The van der Waals surface area contributed by atoms with Crippen LogP contribution in [0.5, 0.6) is 0 Å². The minimum absolute atomic E-state index is 0.191. The summed E-state index contributed by atoms with van der Waals surface area (Å²) in [6.07, 6.45) is -2.12. The van der Waals surface area contributed by atoms with E-state index in [-0.39, 0.29) is 10.7 Å². The van der Waals surface area contributed by atoms with E-state index in [4.69, 9.17) is 17.0 Å². The number of carbonyl (C=O) groups excluding carboxylic acids is 1. The first kappa shape index (κ1) is 19.1. The van der Waals surface area contributed by atoms with E-state index in [1.807, 2.05) is 0 Å². The number of rotatable bonds is 4. The van der Waals surface area contributed by atoms with Crippen molar-refractivity contribution in [3.8, 4) is 10.6 Å². The molecule has 4 nitrogen and oxygen atoms in total. The highest BCUT2D eigenvalue weighted by molar-refractivity contribution is 7.13. The number of nitrogens with one attached hydrogen (secondary N) is 2. The summed E-state index contributed by atoms with van der Waals surface area (Å²) >= 11 is 7.24. The van der Waals surface area contributed by atoms with Crippen LogP contribution in [0.15, 0.2) is 48.0 Å². The van der Waals surface area contributed by atoms with E-state index < -0.39 is 23.2 Å². The third-order valence-electron chi connectivity index (χ3n) is 3.68. The van der Waals surface area contributed by atoms with Gasteiger partial charge in [-0.2, -0.15) is 13.2 Å². The highest BCUT2D eigenvalue weighted by atomic mass is 35.5. The van der Waals surface area contributed by atoms with Gasteiger partial charge < -0.3 is 10.7 Å². The van der Waals surface area contributed by atoms with Crippen molar-refractivity contribution >= 4 is 40.7 Å². The van der Waals surface area contributed by atoms with Gasteiger partial charge in [-0.05, 0) is 18.2 Å². The largest absolute Gasteiger partial charge is 0.417 e. The Labute approximate surface area is 161 Å². The lowest BCUT2D eigenvalue weighted by Gasteiger charge is -2.15. The first-order valence-electron chi connectivity index (χ1n) is 7.52. The summed E-state index contributed by atoms with van der Waals surface area (Å²) in [6.45, 7) is 0. The monoisotopic (exact) mass is 409 g/mol. The Balaban J connectivity index is 2.02. The van der Waals surface area contributed by atoms with Crippen LogP contribution in [-0.4, -0.2) is 17.1 Å². The van der Waals surface area contributed by atoms with Crippen molar-refractivity contribution < 1.29 is 18.0 Å². The number of amides is 1. The number of hydrogen-bond acceptors (Lipinski definition) is 4. The van der Waals surface area contributed by atoms with Gasteiger partial charge in [0.25, 0.3) is 5.91 Å². The Morgan fingerprint density at radius 2 is 2.04 bits per heavy atom. The van der Waals surface area contributed by atoms with Gasteiger partial charge in [-0.1, -0.05) is 29.8 Å². The van der Waals surface area contributed by atoms with Gasteiger partial charge in [0.1, 0.15) is 5.01 Å². The van der Waals surface area contributed by atoms with Crippen LogP contribution < -0.4 is 5.32 Å². The molecule has 0 aliphatic heterocycles. The fourth-order valence-electron chi connectivity index (χ4n) is 2.47. The number of anilines is 1. The smallest absolute Gasteiger partial charge is 0.321 e. The maximum atomic E-state index is 13.2. The van der Waals surface area contributed by atoms with Crippen molar-refractivity contribution in [2.45, 2.75) is 6.18 Å². The van der Waals surface area contributed by atoms with Gasteiger partial charge in [0, 0.05) is 28.9 Å². The Kier molecular flexibility index (Phi) is 5.29. The van der Waals surface area contributed by atoms with E-state index in [2.05, 4.69) is 10.3 Å². The predicted octanol–water partition coefficient (Wildman–Crippen LogP) is 5.73. The second-order valence-corrected chi connectivity index (χ2v) is 6.70. The molecule has 1 amide bonds. The quantitative estimate of drug-likeness (QED) is 0.540. The molecule has 0 unspecified atom stereocenters. The van der Waals surface area contributed by atoms with Crippen LogP contribution in [0.2, 0.25) is 5.02 Å².